The number of carbonyl (C=O) groups is 1. The molecule has 0 aliphatic heterocycles. The molecule has 2 aromatic rings. The van der Waals surface area contributed by atoms with Crippen molar-refractivity contribution in [1.29, 1.82) is 0 Å². The van der Waals surface area contributed by atoms with E-state index in [0.717, 1.165) is 16.7 Å². The van der Waals surface area contributed by atoms with Gasteiger partial charge in [-0.25, -0.2) is 0 Å². The monoisotopic (exact) mass is 325 g/mol. The maximum absolute atomic E-state index is 12.0. The Balaban J connectivity index is 1.93. The smallest absolute Gasteiger partial charge is 0.244 e. The predicted octanol–water partition coefficient (Wildman–Crippen LogP) is 2.87. The summed E-state index contributed by atoms with van der Waals surface area (Å²) in [5.41, 5.74) is 3.11. The summed E-state index contributed by atoms with van der Waals surface area (Å²) in [6.45, 7) is 2.54. The lowest BCUT2D eigenvalue weighted by Crippen LogP contribution is -2.28. The standard InChI is InChI=1S/C20H23NO3/c1-16-7-10-18(11-8-16)19(24-14-13-22)15-21-20(23)12-9-17-5-3-2-4-6-17/h2-12,19,22H,13-15H2,1H3,(H,21,23)/b12-9+. The van der Waals surface area contributed by atoms with Crippen molar-refractivity contribution in [1.82, 2.24) is 5.32 Å². The van der Waals surface area contributed by atoms with Gasteiger partial charge in [-0.2, -0.15) is 0 Å². The summed E-state index contributed by atoms with van der Waals surface area (Å²) in [4.78, 5) is 12.0. The molecule has 0 aliphatic rings. The Kier molecular flexibility index (Phi) is 7.21. The zero-order valence-electron chi connectivity index (χ0n) is 13.8. The topological polar surface area (TPSA) is 58.6 Å². The van der Waals surface area contributed by atoms with Gasteiger partial charge in [-0.1, -0.05) is 60.2 Å². The third-order valence-electron chi connectivity index (χ3n) is 3.55. The van der Waals surface area contributed by atoms with Crippen LogP contribution in [0.5, 0.6) is 0 Å². The molecule has 0 bridgehead atoms. The largest absolute Gasteiger partial charge is 0.394 e. The third kappa shape index (κ3) is 5.99. The van der Waals surface area contributed by atoms with Gasteiger partial charge in [0.2, 0.25) is 5.91 Å². The molecule has 4 heteroatoms. The minimum Gasteiger partial charge on any atom is -0.394 e. The van der Waals surface area contributed by atoms with E-state index in [2.05, 4.69) is 5.32 Å². The van der Waals surface area contributed by atoms with Crippen molar-refractivity contribution in [2.45, 2.75) is 13.0 Å². The quantitative estimate of drug-likeness (QED) is 0.734. The number of aliphatic hydroxyl groups excluding tert-OH is 1. The Bertz CT molecular complexity index is 650. The van der Waals surface area contributed by atoms with Crippen molar-refractivity contribution >= 4 is 12.0 Å². The average molecular weight is 325 g/mol. The van der Waals surface area contributed by atoms with E-state index in [1.807, 2.05) is 61.5 Å². The number of benzene rings is 2. The van der Waals surface area contributed by atoms with E-state index in [9.17, 15) is 4.79 Å². The van der Waals surface area contributed by atoms with E-state index < -0.39 is 0 Å². The number of amides is 1. The summed E-state index contributed by atoms with van der Waals surface area (Å²) in [5, 5.41) is 11.8. The minimum absolute atomic E-state index is 0.0514. The van der Waals surface area contributed by atoms with Crippen LogP contribution in [-0.4, -0.2) is 30.8 Å². The Morgan fingerprint density at radius 3 is 2.54 bits per heavy atom. The molecule has 0 heterocycles. The molecule has 1 atom stereocenters. The molecule has 0 fully saturated rings. The fraction of sp³-hybridized carbons (Fsp3) is 0.250. The fourth-order valence-corrected chi connectivity index (χ4v) is 2.24. The first-order valence-corrected chi connectivity index (χ1v) is 7.99. The van der Waals surface area contributed by atoms with E-state index in [1.54, 1.807) is 6.08 Å². The minimum atomic E-state index is -0.285. The highest BCUT2D eigenvalue weighted by Gasteiger charge is 2.12. The van der Waals surface area contributed by atoms with E-state index in [4.69, 9.17) is 9.84 Å². The molecule has 0 spiro atoms. The van der Waals surface area contributed by atoms with Crippen molar-refractivity contribution in [2.24, 2.45) is 0 Å². The summed E-state index contributed by atoms with van der Waals surface area (Å²) < 4.78 is 5.64. The summed E-state index contributed by atoms with van der Waals surface area (Å²) in [7, 11) is 0. The van der Waals surface area contributed by atoms with Crippen LogP contribution in [-0.2, 0) is 9.53 Å². The molecule has 126 valence electrons. The van der Waals surface area contributed by atoms with Gasteiger partial charge >= 0.3 is 0 Å². The van der Waals surface area contributed by atoms with Gasteiger partial charge in [0.05, 0.1) is 19.3 Å². The van der Waals surface area contributed by atoms with Gasteiger partial charge < -0.3 is 15.2 Å². The van der Waals surface area contributed by atoms with Crippen molar-refractivity contribution in [3.8, 4) is 0 Å². The lowest BCUT2D eigenvalue weighted by molar-refractivity contribution is -0.117. The van der Waals surface area contributed by atoms with E-state index in [1.165, 1.54) is 6.08 Å². The molecule has 0 saturated heterocycles. The molecule has 0 aromatic heterocycles. The van der Waals surface area contributed by atoms with Crippen molar-refractivity contribution < 1.29 is 14.6 Å². The molecule has 2 aromatic carbocycles. The lowest BCUT2D eigenvalue weighted by atomic mass is 10.1. The number of hydrogen-bond donors (Lipinski definition) is 2. The highest BCUT2D eigenvalue weighted by Crippen LogP contribution is 2.17. The second-order valence-electron chi connectivity index (χ2n) is 5.48. The molecule has 1 unspecified atom stereocenters. The molecule has 0 radical (unpaired) electrons. The van der Waals surface area contributed by atoms with E-state index >= 15 is 0 Å². The first kappa shape index (κ1) is 17.9. The second kappa shape index (κ2) is 9.65. The zero-order valence-corrected chi connectivity index (χ0v) is 13.8. The molecular formula is C20H23NO3. The van der Waals surface area contributed by atoms with Gasteiger partial charge in [0.25, 0.3) is 0 Å². The van der Waals surface area contributed by atoms with Crippen molar-refractivity contribution in [3.05, 3.63) is 77.4 Å². The maximum atomic E-state index is 12.0. The van der Waals surface area contributed by atoms with Gasteiger partial charge in [0.1, 0.15) is 0 Å². The molecule has 0 saturated carbocycles. The highest BCUT2D eigenvalue weighted by molar-refractivity contribution is 5.91. The Morgan fingerprint density at radius 2 is 1.88 bits per heavy atom. The summed E-state index contributed by atoms with van der Waals surface area (Å²) in [5.74, 6) is -0.177. The number of nitrogens with one attached hydrogen (secondary N) is 1. The first-order chi connectivity index (χ1) is 11.7. The molecule has 24 heavy (non-hydrogen) atoms. The molecule has 2 rings (SSSR count). The van der Waals surface area contributed by atoms with Crippen molar-refractivity contribution in [3.63, 3.8) is 0 Å². The van der Waals surface area contributed by atoms with Crippen LogP contribution in [0.25, 0.3) is 6.08 Å². The van der Waals surface area contributed by atoms with Crippen LogP contribution >= 0.6 is 0 Å². The van der Waals surface area contributed by atoms with Crippen LogP contribution < -0.4 is 5.32 Å². The van der Waals surface area contributed by atoms with Gasteiger partial charge in [-0.3, -0.25) is 4.79 Å². The van der Waals surface area contributed by atoms with Crippen LogP contribution in [0.2, 0.25) is 0 Å². The van der Waals surface area contributed by atoms with Gasteiger partial charge in [-0.05, 0) is 24.1 Å². The summed E-state index contributed by atoms with van der Waals surface area (Å²) in [6.07, 6.45) is 2.99. The van der Waals surface area contributed by atoms with E-state index in [-0.39, 0.29) is 25.2 Å². The van der Waals surface area contributed by atoms with E-state index in [0.29, 0.717) is 6.54 Å². The zero-order chi connectivity index (χ0) is 17.2. The van der Waals surface area contributed by atoms with Gasteiger partial charge in [0.15, 0.2) is 0 Å². The molecule has 1 amide bonds. The Hall–Kier alpha value is -2.43. The SMILES string of the molecule is Cc1ccc(C(CNC(=O)/C=C/c2ccccc2)OCCO)cc1. The predicted molar refractivity (Wildman–Crippen MR) is 95.4 cm³/mol. The first-order valence-electron chi connectivity index (χ1n) is 7.99. The second-order valence-corrected chi connectivity index (χ2v) is 5.48. The Morgan fingerprint density at radius 1 is 1.17 bits per heavy atom. The number of hydrogen-bond acceptors (Lipinski definition) is 3. The van der Waals surface area contributed by atoms with Crippen LogP contribution in [0.4, 0.5) is 0 Å². The molecule has 4 nitrogen and oxygen atoms in total. The van der Waals surface area contributed by atoms with Gasteiger partial charge in [-0.15, -0.1) is 0 Å². The van der Waals surface area contributed by atoms with Crippen LogP contribution in [0, 0.1) is 6.92 Å². The number of rotatable bonds is 8. The normalized spacial score (nSPS) is 12.2. The maximum Gasteiger partial charge on any atom is 0.244 e. The number of carbonyl (C=O) groups excluding carboxylic acids is 1. The summed E-state index contributed by atoms with van der Waals surface area (Å²) >= 11 is 0. The lowest BCUT2D eigenvalue weighted by Gasteiger charge is -2.18. The van der Waals surface area contributed by atoms with Crippen LogP contribution in [0.3, 0.4) is 0 Å². The summed E-state index contributed by atoms with van der Waals surface area (Å²) in [6, 6.07) is 17.6. The van der Waals surface area contributed by atoms with Crippen molar-refractivity contribution in [2.75, 3.05) is 19.8 Å². The number of ether oxygens (including phenoxy) is 1. The molecular weight excluding hydrogens is 302 g/mol. The third-order valence-corrected chi connectivity index (χ3v) is 3.55. The fourth-order valence-electron chi connectivity index (χ4n) is 2.24. The molecule has 0 aliphatic carbocycles. The highest BCUT2D eigenvalue weighted by atomic mass is 16.5. The number of aryl methyl sites for hydroxylation is 1. The average Bonchev–Trinajstić information content (AvgIpc) is 2.62. The van der Waals surface area contributed by atoms with Crippen LogP contribution in [0.1, 0.15) is 22.8 Å². The molecule has 2 N–H and O–H groups in total. The van der Waals surface area contributed by atoms with Crippen LogP contribution in [0.15, 0.2) is 60.7 Å². The number of aliphatic hydroxyl groups is 1. The Labute approximate surface area is 142 Å². The van der Waals surface area contributed by atoms with Gasteiger partial charge in [0, 0.05) is 12.6 Å².